The first-order chi connectivity index (χ1) is 9.00. The molecule has 1 heterocycles. The topological polar surface area (TPSA) is 98.0 Å². The molecule has 0 aliphatic carbocycles. The summed E-state index contributed by atoms with van der Waals surface area (Å²) in [6.07, 6.45) is 4.14. The molecule has 19 heavy (non-hydrogen) atoms. The molecule has 0 fully saturated rings. The van der Waals surface area contributed by atoms with E-state index in [4.69, 9.17) is 18.0 Å². The maximum absolute atomic E-state index is 12.2. The first kappa shape index (κ1) is 13.4. The molecule has 0 saturated heterocycles. The van der Waals surface area contributed by atoms with Crippen molar-refractivity contribution < 1.29 is 8.42 Å². The zero-order valence-electron chi connectivity index (χ0n) is 9.65. The number of nitrogens with one attached hydrogen (secondary N) is 1. The van der Waals surface area contributed by atoms with Gasteiger partial charge in [0.2, 0.25) is 0 Å². The van der Waals surface area contributed by atoms with Gasteiger partial charge in [-0.1, -0.05) is 30.4 Å². The van der Waals surface area contributed by atoms with Crippen molar-refractivity contribution in [1.82, 2.24) is 9.97 Å². The highest BCUT2D eigenvalue weighted by Gasteiger charge is 2.19. The van der Waals surface area contributed by atoms with E-state index in [9.17, 15) is 8.42 Å². The van der Waals surface area contributed by atoms with Crippen LogP contribution in [0.25, 0.3) is 0 Å². The number of rotatable bonds is 4. The van der Waals surface area contributed by atoms with Gasteiger partial charge in [-0.15, -0.1) is 0 Å². The molecule has 6 nitrogen and oxygen atoms in total. The van der Waals surface area contributed by atoms with Crippen LogP contribution in [-0.4, -0.2) is 23.4 Å². The van der Waals surface area contributed by atoms with E-state index in [1.807, 2.05) is 0 Å². The lowest BCUT2D eigenvalue weighted by atomic mass is 10.2. The summed E-state index contributed by atoms with van der Waals surface area (Å²) in [6, 6.07) is 6.23. The number of anilines is 1. The van der Waals surface area contributed by atoms with E-state index in [1.54, 1.807) is 18.2 Å². The van der Waals surface area contributed by atoms with Gasteiger partial charge in [-0.2, -0.15) is 0 Å². The molecule has 1 aromatic heterocycles. The summed E-state index contributed by atoms with van der Waals surface area (Å²) in [5.74, 6) is 0.125. The molecule has 0 saturated carbocycles. The summed E-state index contributed by atoms with van der Waals surface area (Å²) in [5, 5.41) is 0. The molecule has 1 aromatic carbocycles. The predicted octanol–water partition coefficient (Wildman–Crippen LogP) is 0.912. The number of thiocarbonyl (C=S) groups is 1. The molecule has 0 unspecified atom stereocenters. The SMILES string of the molecule is NC(=S)c1ccccc1S(=O)(=O)Nc1cnccn1. The highest BCUT2D eigenvalue weighted by molar-refractivity contribution is 7.93. The Morgan fingerprint density at radius 1 is 1.26 bits per heavy atom. The fourth-order valence-electron chi connectivity index (χ4n) is 1.45. The van der Waals surface area contributed by atoms with Gasteiger partial charge in [-0.3, -0.25) is 9.71 Å². The maximum atomic E-state index is 12.2. The molecular formula is C11H10N4O2S2. The van der Waals surface area contributed by atoms with Crippen molar-refractivity contribution in [2.75, 3.05) is 4.72 Å². The Kier molecular flexibility index (Phi) is 3.72. The van der Waals surface area contributed by atoms with Crippen molar-refractivity contribution >= 4 is 33.0 Å². The normalized spacial score (nSPS) is 10.9. The van der Waals surface area contributed by atoms with Gasteiger partial charge < -0.3 is 5.73 Å². The average molecular weight is 294 g/mol. The molecule has 2 aromatic rings. The Morgan fingerprint density at radius 3 is 2.63 bits per heavy atom. The zero-order valence-corrected chi connectivity index (χ0v) is 11.3. The lowest BCUT2D eigenvalue weighted by molar-refractivity contribution is 0.601. The Balaban J connectivity index is 2.43. The molecule has 0 spiro atoms. The number of sulfonamides is 1. The van der Waals surface area contributed by atoms with Crippen LogP contribution in [0.15, 0.2) is 47.8 Å². The van der Waals surface area contributed by atoms with E-state index < -0.39 is 10.0 Å². The molecule has 0 radical (unpaired) electrons. The molecule has 0 aliphatic rings. The number of nitrogens with two attached hydrogens (primary N) is 1. The van der Waals surface area contributed by atoms with Crippen LogP contribution in [0, 0.1) is 0 Å². The minimum Gasteiger partial charge on any atom is -0.389 e. The Labute approximate surface area is 115 Å². The Bertz CT molecular complexity index is 702. The van der Waals surface area contributed by atoms with Gasteiger partial charge in [0, 0.05) is 18.0 Å². The fourth-order valence-corrected chi connectivity index (χ4v) is 2.91. The average Bonchev–Trinajstić information content (AvgIpc) is 2.39. The Hall–Kier alpha value is -2.06. The van der Waals surface area contributed by atoms with Crippen LogP contribution in [0.5, 0.6) is 0 Å². The quantitative estimate of drug-likeness (QED) is 0.813. The van der Waals surface area contributed by atoms with Crippen molar-refractivity contribution in [2.24, 2.45) is 5.73 Å². The zero-order chi connectivity index (χ0) is 13.9. The van der Waals surface area contributed by atoms with Gasteiger partial charge in [-0.25, -0.2) is 13.4 Å². The van der Waals surface area contributed by atoms with Gasteiger partial charge in [0.1, 0.15) is 4.99 Å². The second-order valence-electron chi connectivity index (χ2n) is 3.56. The number of hydrogen-bond acceptors (Lipinski definition) is 5. The van der Waals surface area contributed by atoms with E-state index in [0.717, 1.165) is 0 Å². The molecule has 8 heteroatoms. The lowest BCUT2D eigenvalue weighted by Gasteiger charge is -2.10. The monoisotopic (exact) mass is 294 g/mol. The van der Waals surface area contributed by atoms with Crippen molar-refractivity contribution in [1.29, 1.82) is 0 Å². The molecular weight excluding hydrogens is 284 g/mol. The lowest BCUT2D eigenvalue weighted by Crippen LogP contribution is -2.20. The fraction of sp³-hybridized carbons (Fsp3) is 0. The number of nitrogens with zero attached hydrogens (tertiary/aromatic N) is 2. The molecule has 0 aliphatic heterocycles. The molecule has 3 N–H and O–H groups in total. The van der Waals surface area contributed by atoms with Crippen LogP contribution in [0.4, 0.5) is 5.82 Å². The predicted molar refractivity (Wildman–Crippen MR) is 75.2 cm³/mol. The number of aromatic nitrogens is 2. The van der Waals surface area contributed by atoms with E-state index in [2.05, 4.69) is 14.7 Å². The molecule has 0 amide bonds. The van der Waals surface area contributed by atoms with Gasteiger partial charge in [0.25, 0.3) is 10.0 Å². The Morgan fingerprint density at radius 2 is 2.00 bits per heavy atom. The first-order valence-electron chi connectivity index (χ1n) is 5.18. The minimum absolute atomic E-state index is 0.00755. The van der Waals surface area contributed by atoms with Crippen LogP contribution in [-0.2, 0) is 10.0 Å². The van der Waals surface area contributed by atoms with Crippen LogP contribution < -0.4 is 10.5 Å². The largest absolute Gasteiger partial charge is 0.389 e. The van der Waals surface area contributed by atoms with Crippen LogP contribution in [0.3, 0.4) is 0 Å². The minimum atomic E-state index is -3.81. The molecule has 0 atom stereocenters. The van der Waals surface area contributed by atoms with E-state index >= 15 is 0 Å². The maximum Gasteiger partial charge on any atom is 0.263 e. The van der Waals surface area contributed by atoms with E-state index in [0.29, 0.717) is 0 Å². The second kappa shape index (κ2) is 5.29. The highest BCUT2D eigenvalue weighted by Crippen LogP contribution is 2.18. The van der Waals surface area contributed by atoms with Crippen LogP contribution >= 0.6 is 12.2 Å². The first-order valence-corrected chi connectivity index (χ1v) is 7.07. The smallest absolute Gasteiger partial charge is 0.263 e. The van der Waals surface area contributed by atoms with Crippen molar-refractivity contribution in [3.63, 3.8) is 0 Å². The summed E-state index contributed by atoms with van der Waals surface area (Å²) in [5.41, 5.74) is 5.80. The highest BCUT2D eigenvalue weighted by atomic mass is 32.2. The van der Waals surface area contributed by atoms with Crippen LogP contribution in [0.2, 0.25) is 0 Å². The summed E-state index contributed by atoms with van der Waals surface area (Å²) >= 11 is 4.84. The second-order valence-corrected chi connectivity index (χ2v) is 5.65. The van der Waals surface area contributed by atoms with Gasteiger partial charge >= 0.3 is 0 Å². The summed E-state index contributed by atoms with van der Waals surface area (Å²) in [6.45, 7) is 0. The number of benzene rings is 1. The third kappa shape index (κ3) is 3.04. The van der Waals surface area contributed by atoms with E-state index in [1.165, 1.54) is 24.7 Å². The standard InChI is InChI=1S/C11H10N4O2S2/c12-11(18)8-3-1-2-4-9(8)19(16,17)15-10-7-13-5-6-14-10/h1-7H,(H2,12,18)(H,14,15). The summed E-state index contributed by atoms with van der Waals surface area (Å²) in [7, 11) is -3.81. The van der Waals surface area contributed by atoms with E-state index in [-0.39, 0.29) is 21.3 Å². The van der Waals surface area contributed by atoms with Crippen LogP contribution in [0.1, 0.15) is 5.56 Å². The van der Waals surface area contributed by atoms with Crippen molar-refractivity contribution in [3.8, 4) is 0 Å². The molecule has 0 bridgehead atoms. The summed E-state index contributed by atoms with van der Waals surface area (Å²) < 4.78 is 26.8. The number of hydrogen-bond donors (Lipinski definition) is 2. The van der Waals surface area contributed by atoms with Gasteiger partial charge in [0.05, 0.1) is 11.1 Å². The van der Waals surface area contributed by atoms with Crippen molar-refractivity contribution in [3.05, 3.63) is 48.4 Å². The third-order valence-electron chi connectivity index (χ3n) is 2.24. The van der Waals surface area contributed by atoms with Gasteiger partial charge in [0.15, 0.2) is 5.82 Å². The molecule has 2 rings (SSSR count). The summed E-state index contributed by atoms with van der Waals surface area (Å²) in [4.78, 5) is 7.65. The molecule has 98 valence electrons. The third-order valence-corrected chi connectivity index (χ3v) is 3.88. The van der Waals surface area contributed by atoms with Gasteiger partial charge in [-0.05, 0) is 6.07 Å². The van der Waals surface area contributed by atoms with Crippen molar-refractivity contribution in [2.45, 2.75) is 4.90 Å².